The maximum Gasteiger partial charge on any atom is 0.259 e. The average Bonchev–Trinajstić information content (AvgIpc) is 3.35. The average molecular weight is 554 g/mol. The van der Waals surface area contributed by atoms with Crippen LogP contribution in [0.3, 0.4) is 0 Å². The van der Waals surface area contributed by atoms with E-state index in [1.165, 1.54) is 11.8 Å². The van der Waals surface area contributed by atoms with Gasteiger partial charge < -0.3 is 24.3 Å². The zero-order chi connectivity index (χ0) is 25.5. The third kappa shape index (κ3) is 6.33. The molecule has 10 heteroatoms. The number of hydrogen-bond acceptors (Lipinski definition) is 7. The van der Waals surface area contributed by atoms with Crippen LogP contribution in [0.5, 0.6) is 23.0 Å². The molecule has 4 rings (SSSR count). The van der Waals surface area contributed by atoms with Crippen LogP contribution in [0.4, 0.5) is 0 Å². The number of amides is 2. The number of nitrogens with one attached hydrogen (secondary N) is 2. The highest BCUT2D eigenvalue weighted by atomic mass is 79.9. The fourth-order valence-corrected chi connectivity index (χ4v) is 3.89. The largest absolute Gasteiger partial charge is 0.493 e. The van der Waals surface area contributed by atoms with E-state index in [4.69, 9.17) is 18.9 Å². The number of halogens is 1. The Morgan fingerprint density at radius 3 is 2.64 bits per heavy atom. The molecule has 0 spiro atoms. The molecule has 36 heavy (non-hydrogen) atoms. The highest BCUT2D eigenvalue weighted by molar-refractivity contribution is 9.10. The van der Waals surface area contributed by atoms with E-state index in [2.05, 4.69) is 31.8 Å². The van der Waals surface area contributed by atoms with Crippen molar-refractivity contribution in [3.05, 3.63) is 81.3 Å². The van der Waals surface area contributed by atoms with Gasteiger partial charge in [0, 0.05) is 5.56 Å². The first kappa shape index (κ1) is 25.1. The molecule has 0 aromatic heterocycles. The molecule has 186 valence electrons. The van der Waals surface area contributed by atoms with E-state index in [1.54, 1.807) is 37.4 Å². The van der Waals surface area contributed by atoms with Crippen molar-refractivity contribution in [1.29, 1.82) is 0 Å². The van der Waals surface area contributed by atoms with Gasteiger partial charge in [0.15, 0.2) is 23.0 Å². The number of methoxy groups -OCH3 is 1. The Morgan fingerprint density at radius 2 is 1.86 bits per heavy atom. The third-order valence-corrected chi connectivity index (χ3v) is 5.79. The number of benzene rings is 3. The predicted molar refractivity (Wildman–Crippen MR) is 137 cm³/mol. The van der Waals surface area contributed by atoms with Crippen molar-refractivity contribution in [2.24, 2.45) is 5.10 Å². The standard InChI is InChI=1S/C26H24BrN3O6/c1-16-3-5-17(6-4-16)14-34-25-20(27)9-18(10-23(25)33-2)12-29-30-24(31)13-28-26(32)19-7-8-21-22(11-19)36-15-35-21/h3-12H,13-15H2,1-2H3,(H,28,32)(H,30,31). The molecule has 0 aliphatic carbocycles. The van der Waals surface area contributed by atoms with Crippen LogP contribution < -0.4 is 29.7 Å². The van der Waals surface area contributed by atoms with Gasteiger partial charge in [-0.05, 0) is 64.3 Å². The second kappa shape index (κ2) is 11.6. The summed E-state index contributed by atoms with van der Waals surface area (Å²) in [6.45, 7) is 2.29. The molecule has 0 atom stereocenters. The quantitative estimate of drug-likeness (QED) is 0.307. The van der Waals surface area contributed by atoms with Crippen molar-refractivity contribution in [1.82, 2.24) is 10.7 Å². The topological polar surface area (TPSA) is 107 Å². The number of hydrogen-bond donors (Lipinski definition) is 2. The summed E-state index contributed by atoms with van der Waals surface area (Å²) in [5.74, 6) is 1.25. The highest BCUT2D eigenvalue weighted by Crippen LogP contribution is 2.37. The summed E-state index contributed by atoms with van der Waals surface area (Å²) in [6.07, 6.45) is 1.47. The Morgan fingerprint density at radius 1 is 1.08 bits per heavy atom. The Kier molecular flexibility index (Phi) is 8.06. The van der Waals surface area contributed by atoms with E-state index < -0.39 is 11.8 Å². The lowest BCUT2D eigenvalue weighted by Crippen LogP contribution is -2.34. The summed E-state index contributed by atoms with van der Waals surface area (Å²) in [4.78, 5) is 24.4. The second-order valence-electron chi connectivity index (χ2n) is 7.85. The zero-order valence-electron chi connectivity index (χ0n) is 19.7. The molecule has 2 N–H and O–H groups in total. The Hall–Kier alpha value is -4.05. The van der Waals surface area contributed by atoms with Crippen molar-refractivity contribution in [3.8, 4) is 23.0 Å². The van der Waals surface area contributed by atoms with E-state index >= 15 is 0 Å². The van der Waals surface area contributed by atoms with Crippen LogP contribution >= 0.6 is 15.9 Å². The van der Waals surface area contributed by atoms with Gasteiger partial charge in [-0.3, -0.25) is 9.59 Å². The first-order valence-corrected chi connectivity index (χ1v) is 11.8. The normalized spacial score (nSPS) is 11.9. The lowest BCUT2D eigenvalue weighted by Gasteiger charge is -2.13. The summed E-state index contributed by atoms with van der Waals surface area (Å²) in [5, 5.41) is 6.50. The van der Waals surface area contributed by atoms with Crippen molar-refractivity contribution >= 4 is 34.0 Å². The number of carbonyl (C=O) groups is 2. The van der Waals surface area contributed by atoms with Crippen LogP contribution in [0.1, 0.15) is 27.0 Å². The highest BCUT2D eigenvalue weighted by Gasteiger charge is 2.16. The minimum Gasteiger partial charge on any atom is -0.493 e. The van der Waals surface area contributed by atoms with E-state index in [1.807, 2.05) is 31.2 Å². The van der Waals surface area contributed by atoms with Gasteiger partial charge in [0.1, 0.15) is 6.61 Å². The summed E-state index contributed by atoms with van der Waals surface area (Å²) in [7, 11) is 1.55. The summed E-state index contributed by atoms with van der Waals surface area (Å²) >= 11 is 3.51. The number of nitrogens with zero attached hydrogens (tertiary/aromatic N) is 1. The second-order valence-corrected chi connectivity index (χ2v) is 8.71. The van der Waals surface area contributed by atoms with Crippen molar-refractivity contribution in [3.63, 3.8) is 0 Å². The number of fused-ring (bicyclic) bond motifs is 1. The smallest absolute Gasteiger partial charge is 0.259 e. The van der Waals surface area contributed by atoms with Gasteiger partial charge in [-0.25, -0.2) is 5.43 Å². The summed E-state index contributed by atoms with van der Waals surface area (Å²) < 4.78 is 22.6. The number of carbonyl (C=O) groups excluding carboxylic acids is 2. The van der Waals surface area contributed by atoms with E-state index in [-0.39, 0.29) is 13.3 Å². The van der Waals surface area contributed by atoms with Gasteiger partial charge in [0.25, 0.3) is 11.8 Å². The molecule has 0 radical (unpaired) electrons. The SMILES string of the molecule is COc1cc(C=NNC(=O)CNC(=O)c2ccc3c(c2)OCO3)cc(Br)c1OCc1ccc(C)cc1. The predicted octanol–water partition coefficient (Wildman–Crippen LogP) is 3.95. The number of hydrazone groups is 1. The molecule has 0 fully saturated rings. The number of rotatable bonds is 9. The van der Waals surface area contributed by atoms with Gasteiger partial charge in [-0.2, -0.15) is 5.10 Å². The molecule has 0 unspecified atom stereocenters. The minimum absolute atomic E-state index is 0.118. The molecular formula is C26H24BrN3O6. The van der Waals surface area contributed by atoms with Gasteiger partial charge in [0.05, 0.1) is 24.3 Å². The maximum atomic E-state index is 12.3. The molecule has 9 nitrogen and oxygen atoms in total. The number of aryl methyl sites for hydroxylation is 1. The van der Waals surface area contributed by atoms with Crippen LogP contribution in [-0.4, -0.2) is 38.5 Å². The first-order valence-electron chi connectivity index (χ1n) is 11.0. The first-order chi connectivity index (χ1) is 17.4. The summed E-state index contributed by atoms with van der Waals surface area (Å²) in [6, 6.07) is 16.4. The van der Waals surface area contributed by atoms with E-state index in [0.29, 0.717) is 45.2 Å². The van der Waals surface area contributed by atoms with Crippen LogP contribution in [0.2, 0.25) is 0 Å². The number of ether oxygens (including phenoxy) is 4. The molecule has 1 heterocycles. The van der Waals surface area contributed by atoms with Crippen molar-refractivity contribution in [2.45, 2.75) is 13.5 Å². The molecule has 1 aliphatic rings. The van der Waals surface area contributed by atoms with Gasteiger partial charge in [-0.15, -0.1) is 0 Å². The Bertz CT molecular complexity index is 1290. The lowest BCUT2D eigenvalue weighted by molar-refractivity contribution is -0.120. The van der Waals surface area contributed by atoms with Gasteiger partial charge in [0.2, 0.25) is 6.79 Å². The molecule has 0 saturated carbocycles. The van der Waals surface area contributed by atoms with Gasteiger partial charge in [-0.1, -0.05) is 29.8 Å². The Balaban J connectivity index is 1.30. The fraction of sp³-hybridized carbons (Fsp3) is 0.192. The fourth-order valence-electron chi connectivity index (χ4n) is 3.31. The zero-order valence-corrected chi connectivity index (χ0v) is 21.3. The van der Waals surface area contributed by atoms with Gasteiger partial charge >= 0.3 is 0 Å². The van der Waals surface area contributed by atoms with E-state index in [0.717, 1.165) is 5.56 Å². The third-order valence-electron chi connectivity index (χ3n) is 5.20. The van der Waals surface area contributed by atoms with Crippen molar-refractivity contribution in [2.75, 3.05) is 20.4 Å². The van der Waals surface area contributed by atoms with Crippen LogP contribution in [0.25, 0.3) is 0 Å². The molecule has 3 aromatic carbocycles. The van der Waals surface area contributed by atoms with E-state index in [9.17, 15) is 9.59 Å². The maximum absolute atomic E-state index is 12.3. The van der Waals surface area contributed by atoms with Crippen molar-refractivity contribution < 1.29 is 28.5 Å². The molecule has 1 aliphatic heterocycles. The molecule has 3 aromatic rings. The van der Waals surface area contributed by atoms with Crippen LogP contribution in [0, 0.1) is 6.92 Å². The molecule has 0 bridgehead atoms. The minimum atomic E-state index is -0.482. The summed E-state index contributed by atoms with van der Waals surface area (Å²) in [5.41, 5.74) is 5.63. The molecular weight excluding hydrogens is 530 g/mol. The van der Waals surface area contributed by atoms with Crippen LogP contribution in [-0.2, 0) is 11.4 Å². The lowest BCUT2D eigenvalue weighted by atomic mass is 10.2. The van der Waals surface area contributed by atoms with Crippen LogP contribution in [0.15, 0.2) is 64.2 Å². The molecule has 0 saturated heterocycles. The Labute approximate surface area is 216 Å². The molecule has 2 amide bonds. The monoisotopic (exact) mass is 553 g/mol.